The van der Waals surface area contributed by atoms with Crippen LogP contribution >= 0.6 is 0 Å². The van der Waals surface area contributed by atoms with E-state index in [1.807, 2.05) is 69.3 Å². The van der Waals surface area contributed by atoms with Crippen molar-refractivity contribution in [3.8, 4) is 0 Å². The molecule has 0 saturated carbocycles. The van der Waals surface area contributed by atoms with Gasteiger partial charge >= 0.3 is 0 Å². The van der Waals surface area contributed by atoms with Gasteiger partial charge < -0.3 is 14.4 Å². The lowest BCUT2D eigenvalue weighted by Crippen LogP contribution is -2.13. The van der Waals surface area contributed by atoms with E-state index in [0.29, 0.717) is 0 Å². The highest BCUT2D eigenvalue weighted by Crippen LogP contribution is 2.25. The predicted molar refractivity (Wildman–Crippen MR) is 95.3 cm³/mol. The van der Waals surface area contributed by atoms with Crippen LogP contribution in [-0.2, 0) is 7.05 Å². The van der Waals surface area contributed by atoms with Crippen molar-refractivity contribution in [1.82, 2.24) is 4.57 Å². The van der Waals surface area contributed by atoms with Crippen LogP contribution in [0.4, 0.5) is 11.4 Å². The summed E-state index contributed by atoms with van der Waals surface area (Å²) in [6.45, 7) is 0. The first kappa shape index (κ1) is 14.4. The Morgan fingerprint density at radius 2 is 1.18 bits per heavy atom. The summed E-state index contributed by atoms with van der Waals surface area (Å²) >= 11 is 0. The molecule has 0 aliphatic rings. The van der Waals surface area contributed by atoms with Gasteiger partial charge in [-0.2, -0.15) is 0 Å². The van der Waals surface area contributed by atoms with Gasteiger partial charge in [0.15, 0.2) is 5.43 Å². The molecular weight excluding hydrogens is 274 g/mol. The number of hydrogen-bond donors (Lipinski definition) is 0. The molecule has 0 fully saturated rings. The van der Waals surface area contributed by atoms with Crippen LogP contribution < -0.4 is 15.2 Å². The minimum absolute atomic E-state index is 0.0960. The lowest BCUT2D eigenvalue weighted by molar-refractivity contribution is 0.998. The van der Waals surface area contributed by atoms with Crippen molar-refractivity contribution in [2.45, 2.75) is 0 Å². The van der Waals surface area contributed by atoms with E-state index in [2.05, 4.69) is 16.7 Å². The summed E-state index contributed by atoms with van der Waals surface area (Å²) in [7, 11) is 10.0. The van der Waals surface area contributed by atoms with E-state index >= 15 is 0 Å². The Morgan fingerprint density at radius 1 is 0.773 bits per heavy atom. The maximum atomic E-state index is 12.8. The SMILES string of the molecule is CN(C)c1ccc2c(=O)c3ccc(N(C)C)cc3n(C)c2c1. The first-order valence-corrected chi connectivity index (χ1v) is 7.31. The maximum absolute atomic E-state index is 12.8. The van der Waals surface area contributed by atoms with Gasteiger partial charge in [0.05, 0.1) is 11.0 Å². The molecular formula is C18H21N3O. The Hall–Kier alpha value is -2.49. The van der Waals surface area contributed by atoms with Crippen LogP contribution in [0.2, 0.25) is 0 Å². The van der Waals surface area contributed by atoms with Crippen molar-refractivity contribution in [1.29, 1.82) is 0 Å². The zero-order valence-corrected chi connectivity index (χ0v) is 13.7. The molecule has 3 rings (SSSR count). The number of nitrogens with zero attached hydrogens (tertiary/aromatic N) is 3. The zero-order valence-electron chi connectivity index (χ0n) is 13.7. The van der Waals surface area contributed by atoms with E-state index in [4.69, 9.17) is 0 Å². The number of benzene rings is 2. The fraction of sp³-hybridized carbons (Fsp3) is 0.278. The third kappa shape index (κ3) is 2.11. The molecule has 0 unspecified atom stereocenters. The molecule has 0 N–H and O–H groups in total. The van der Waals surface area contributed by atoms with Crippen LogP contribution in [0.5, 0.6) is 0 Å². The molecule has 3 aromatic rings. The number of anilines is 2. The molecule has 4 nitrogen and oxygen atoms in total. The summed E-state index contributed by atoms with van der Waals surface area (Å²) < 4.78 is 2.10. The largest absolute Gasteiger partial charge is 0.378 e. The Balaban J connectivity index is 2.45. The molecule has 2 aromatic carbocycles. The van der Waals surface area contributed by atoms with Crippen LogP contribution in [0.3, 0.4) is 0 Å². The summed E-state index contributed by atoms with van der Waals surface area (Å²) in [4.78, 5) is 16.9. The van der Waals surface area contributed by atoms with Crippen molar-refractivity contribution in [2.75, 3.05) is 38.0 Å². The highest BCUT2D eigenvalue weighted by Gasteiger charge is 2.11. The molecule has 0 bridgehead atoms. The Kier molecular flexibility index (Phi) is 3.32. The second-order valence-corrected chi connectivity index (χ2v) is 6.08. The van der Waals surface area contributed by atoms with Gasteiger partial charge in [-0.25, -0.2) is 0 Å². The lowest BCUT2D eigenvalue weighted by Gasteiger charge is -2.18. The van der Waals surface area contributed by atoms with Crippen LogP contribution in [-0.4, -0.2) is 32.8 Å². The summed E-state index contributed by atoms with van der Waals surface area (Å²) in [5.41, 5.74) is 4.19. The van der Waals surface area contributed by atoms with E-state index in [0.717, 1.165) is 33.2 Å². The molecule has 0 saturated heterocycles. The summed E-state index contributed by atoms with van der Waals surface area (Å²) in [5.74, 6) is 0. The molecule has 114 valence electrons. The molecule has 0 spiro atoms. The van der Waals surface area contributed by atoms with Gasteiger partial charge in [-0.15, -0.1) is 0 Å². The summed E-state index contributed by atoms with van der Waals surface area (Å²) in [6, 6.07) is 12.0. The third-order valence-electron chi connectivity index (χ3n) is 4.21. The van der Waals surface area contributed by atoms with E-state index in [9.17, 15) is 4.79 Å². The van der Waals surface area contributed by atoms with Gasteiger partial charge in [-0.05, 0) is 36.4 Å². The normalized spacial score (nSPS) is 11.1. The fourth-order valence-electron chi connectivity index (χ4n) is 2.81. The number of aromatic nitrogens is 1. The molecule has 22 heavy (non-hydrogen) atoms. The predicted octanol–water partition coefficient (Wildman–Crippen LogP) is 2.82. The van der Waals surface area contributed by atoms with Crippen LogP contribution in [0.1, 0.15) is 0 Å². The van der Waals surface area contributed by atoms with E-state index < -0.39 is 0 Å². The first-order valence-electron chi connectivity index (χ1n) is 7.31. The average molecular weight is 295 g/mol. The van der Waals surface area contributed by atoms with Gasteiger partial charge in [-0.3, -0.25) is 4.79 Å². The monoisotopic (exact) mass is 295 g/mol. The highest BCUT2D eigenvalue weighted by molar-refractivity contribution is 5.95. The van der Waals surface area contributed by atoms with Crippen molar-refractivity contribution in [3.63, 3.8) is 0 Å². The van der Waals surface area contributed by atoms with Gasteiger partial charge in [0.25, 0.3) is 0 Å². The molecule has 0 radical (unpaired) electrons. The van der Waals surface area contributed by atoms with Crippen LogP contribution in [0.15, 0.2) is 41.2 Å². The minimum Gasteiger partial charge on any atom is -0.378 e. The average Bonchev–Trinajstić information content (AvgIpc) is 2.51. The molecule has 0 atom stereocenters. The maximum Gasteiger partial charge on any atom is 0.197 e. The quantitative estimate of drug-likeness (QED) is 0.681. The van der Waals surface area contributed by atoms with Crippen LogP contribution in [0, 0.1) is 0 Å². The molecule has 1 heterocycles. The number of pyridine rings is 1. The van der Waals surface area contributed by atoms with E-state index in [1.54, 1.807) is 0 Å². The molecule has 0 amide bonds. The van der Waals surface area contributed by atoms with Crippen molar-refractivity contribution in [2.24, 2.45) is 7.05 Å². The van der Waals surface area contributed by atoms with Gasteiger partial charge in [0, 0.05) is 57.4 Å². The minimum atomic E-state index is 0.0960. The first-order chi connectivity index (χ1) is 10.4. The Bertz CT molecular complexity index is 851. The topological polar surface area (TPSA) is 28.5 Å². The van der Waals surface area contributed by atoms with Gasteiger partial charge in [0.1, 0.15) is 0 Å². The molecule has 4 heteroatoms. The Morgan fingerprint density at radius 3 is 1.55 bits per heavy atom. The third-order valence-corrected chi connectivity index (χ3v) is 4.21. The standard InChI is InChI=1S/C18H21N3O/c1-19(2)12-6-8-14-16(10-12)21(5)17-11-13(20(3)4)7-9-15(17)18(14)22/h6-11H,1-5H3. The number of hydrogen-bond acceptors (Lipinski definition) is 3. The number of fused-ring (bicyclic) bond motifs is 2. The Labute approximate surface area is 130 Å². The van der Waals surface area contributed by atoms with Crippen molar-refractivity contribution >= 4 is 33.2 Å². The van der Waals surface area contributed by atoms with E-state index in [1.165, 1.54) is 0 Å². The lowest BCUT2D eigenvalue weighted by atomic mass is 10.1. The molecule has 0 aliphatic carbocycles. The number of rotatable bonds is 2. The van der Waals surface area contributed by atoms with Crippen LogP contribution in [0.25, 0.3) is 21.8 Å². The smallest absolute Gasteiger partial charge is 0.197 e. The summed E-state index contributed by atoms with van der Waals surface area (Å²) in [6.07, 6.45) is 0. The second-order valence-electron chi connectivity index (χ2n) is 6.08. The molecule has 0 aliphatic heterocycles. The van der Waals surface area contributed by atoms with E-state index in [-0.39, 0.29) is 5.43 Å². The highest BCUT2D eigenvalue weighted by atomic mass is 16.1. The second kappa shape index (κ2) is 5.05. The number of aryl methyl sites for hydroxylation is 1. The fourth-order valence-corrected chi connectivity index (χ4v) is 2.81. The molecule has 1 aromatic heterocycles. The van der Waals surface area contributed by atoms with Crippen molar-refractivity contribution in [3.05, 3.63) is 46.6 Å². The van der Waals surface area contributed by atoms with Gasteiger partial charge in [-0.1, -0.05) is 0 Å². The zero-order chi connectivity index (χ0) is 16.0. The van der Waals surface area contributed by atoms with Gasteiger partial charge in [0.2, 0.25) is 0 Å². The van der Waals surface area contributed by atoms with Crippen molar-refractivity contribution < 1.29 is 0 Å². The summed E-state index contributed by atoms with van der Waals surface area (Å²) in [5, 5.41) is 1.52.